The van der Waals surface area contributed by atoms with Crippen molar-refractivity contribution in [3.8, 4) is 0 Å². The highest BCUT2D eigenvalue weighted by Gasteiger charge is 2.35. The number of ketones is 1. The van der Waals surface area contributed by atoms with E-state index in [1.165, 1.54) is 11.8 Å². The first-order chi connectivity index (χ1) is 10.8. The molecule has 1 saturated heterocycles. The van der Waals surface area contributed by atoms with Crippen LogP contribution in [0.25, 0.3) is 0 Å². The van der Waals surface area contributed by atoms with Crippen LogP contribution in [0.4, 0.5) is 0 Å². The largest absolute Gasteiger partial charge is 0.341 e. The molecule has 0 radical (unpaired) electrons. The van der Waals surface area contributed by atoms with Gasteiger partial charge >= 0.3 is 0 Å². The summed E-state index contributed by atoms with van der Waals surface area (Å²) >= 11 is 7.16. The van der Waals surface area contributed by atoms with E-state index in [9.17, 15) is 9.59 Å². The van der Waals surface area contributed by atoms with Gasteiger partial charge in [0.1, 0.15) is 0 Å². The Kier molecular flexibility index (Phi) is 6.12. The van der Waals surface area contributed by atoms with E-state index in [0.717, 1.165) is 6.42 Å². The smallest absolute Gasteiger partial charge is 0.232 e. The van der Waals surface area contributed by atoms with Gasteiger partial charge in [-0.25, -0.2) is 0 Å². The van der Waals surface area contributed by atoms with E-state index >= 15 is 0 Å². The molecule has 0 aromatic heterocycles. The van der Waals surface area contributed by atoms with Crippen LogP contribution in [0.3, 0.4) is 0 Å². The van der Waals surface area contributed by atoms with Gasteiger partial charge in [-0.3, -0.25) is 9.59 Å². The highest BCUT2D eigenvalue weighted by molar-refractivity contribution is 8.00. The fourth-order valence-corrected chi connectivity index (χ4v) is 3.57. The number of likely N-dealkylation sites (tertiary alicyclic amines) is 1. The molecule has 1 atom stereocenters. The number of thioether (sulfide) groups is 1. The Morgan fingerprint density at radius 1 is 1.30 bits per heavy atom. The van der Waals surface area contributed by atoms with E-state index in [4.69, 9.17) is 17.3 Å². The number of nitrogens with two attached hydrogens (primary N) is 1. The molecule has 0 bridgehead atoms. The fraction of sp³-hybridized carbons (Fsp3) is 0.529. The zero-order chi connectivity index (χ0) is 17.0. The van der Waals surface area contributed by atoms with Crippen molar-refractivity contribution in [1.29, 1.82) is 0 Å². The average molecular weight is 355 g/mol. The maximum absolute atomic E-state index is 12.3. The summed E-state index contributed by atoms with van der Waals surface area (Å²) in [6.07, 6.45) is 0.826. The maximum Gasteiger partial charge on any atom is 0.232 e. The number of hydrogen-bond donors (Lipinski definition) is 1. The molecule has 126 valence electrons. The summed E-state index contributed by atoms with van der Waals surface area (Å²) in [6.45, 7) is 5.57. The highest BCUT2D eigenvalue weighted by Crippen LogP contribution is 2.28. The van der Waals surface area contributed by atoms with Crippen LogP contribution >= 0.6 is 23.4 Å². The molecule has 23 heavy (non-hydrogen) atoms. The van der Waals surface area contributed by atoms with E-state index in [2.05, 4.69) is 13.8 Å². The molecule has 0 aliphatic carbocycles. The second kappa shape index (κ2) is 7.69. The number of Topliss-reactive ketones (excluding diaryl/α,β-unsaturated/α-hetero) is 1. The first-order valence-corrected chi connectivity index (χ1v) is 9.23. The van der Waals surface area contributed by atoms with Gasteiger partial charge in [-0.2, -0.15) is 0 Å². The van der Waals surface area contributed by atoms with Crippen molar-refractivity contribution < 1.29 is 9.59 Å². The Morgan fingerprint density at radius 2 is 1.96 bits per heavy atom. The van der Waals surface area contributed by atoms with Crippen molar-refractivity contribution in [2.24, 2.45) is 11.1 Å². The molecule has 1 amide bonds. The molecule has 2 rings (SSSR count). The number of nitrogens with zero attached hydrogens (tertiary/aromatic N) is 1. The van der Waals surface area contributed by atoms with Gasteiger partial charge in [-0.05, 0) is 36.1 Å². The third-order valence-corrected chi connectivity index (χ3v) is 5.46. The van der Waals surface area contributed by atoms with Crippen molar-refractivity contribution in [1.82, 2.24) is 4.90 Å². The molecular formula is C17H23ClN2O2S. The molecule has 1 aromatic carbocycles. The molecule has 0 saturated carbocycles. The number of amides is 1. The lowest BCUT2D eigenvalue weighted by molar-refractivity contribution is -0.131. The minimum absolute atomic E-state index is 0.0143. The Morgan fingerprint density at radius 3 is 2.57 bits per heavy atom. The number of piperidine rings is 1. The summed E-state index contributed by atoms with van der Waals surface area (Å²) in [5.41, 5.74) is 6.66. The SMILES string of the molecule is CC1(C)CN(C(=O)CSCC(=O)c2ccc(Cl)cc2)CCC1N. The molecule has 0 spiro atoms. The van der Waals surface area contributed by atoms with Crippen LogP contribution in [0.1, 0.15) is 30.6 Å². The van der Waals surface area contributed by atoms with Crippen molar-refractivity contribution >= 4 is 35.1 Å². The molecule has 1 heterocycles. The lowest BCUT2D eigenvalue weighted by Crippen LogP contribution is -2.54. The molecule has 1 unspecified atom stereocenters. The summed E-state index contributed by atoms with van der Waals surface area (Å²) < 4.78 is 0. The summed E-state index contributed by atoms with van der Waals surface area (Å²) in [4.78, 5) is 26.2. The molecule has 1 aliphatic rings. The third kappa shape index (κ3) is 4.96. The van der Waals surface area contributed by atoms with Gasteiger partial charge in [-0.1, -0.05) is 25.4 Å². The maximum atomic E-state index is 12.3. The Bertz CT molecular complexity index is 574. The van der Waals surface area contributed by atoms with Gasteiger partial charge in [0.25, 0.3) is 0 Å². The van der Waals surface area contributed by atoms with E-state index in [1.54, 1.807) is 24.3 Å². The molecule has 2 N–H and O–H groups in total. The van der Waals surface area contributed by atoms with Crippen LogP contribution < -0.4 is 5.73 Å². The molecule has 1 aliphatic heterocycles. The number of carbonyl (C=O) groups excluding carboxylic acids is 2. The van der Waals surface area contributed by atoms with Crippen LogP contribution in [0.5, 0.6) is 0 Å². The first kappa shape index (κ1) is 18.3. The Balaban J connectivity index is 1.78. The quantitative estimate of drug-likeness (QED) is 0.826. The summed E-state index contributed by atoms with van der Waals surface area (Å²) in [5.74, 6) is 0.716. The highest BCUT2D eigenvalue weighted by atomic mass is 35.5. The van der Waals surface area contributed by atoms with E-state index in [1.807, 2.05) is 4.90 Å². The molecule has 6 heteroatoms. The van der Waals surface area contributed by atoms with Gasteiger partial charge in [0.15, 0.2) is 5.78 Å². The monoisotopic (exact) mass is 354 g/mol. The minimum Gasteiger partial charge on any atom is -0.341 e. The first-order valence-electron chi connectivity index (χ1n) is 7.69. The molecular weight excluding hydrogens is 332 g/mol. The van der Waals surface area contributed by atoms with E-state index in [-0.39, 0.29) is 23.1 Å². The minimum atomic E-state index is -0.0578. The van der Waals surface area contributed by atoms with Crippen molar-refractivity contribution in [2.45, 2.75) is 26.3 Å². The average Bonchev–Trinajstić information content (AvgIpc) is 2.50. The zero-order valence-corrected chi connectivity index (χ0v) is 15.1. The summed E-state index contributed by atoms with van der Waals surface area (Å²) in [7, 11) is 0. The number of carbonyl (C=O) groups is 2. The lowest BCUT2D eigenvalue weighted by atomic mass is 9.80. The van der Waals surface area contributed by atoms with Gasteiger partial charge in [-0.15, -0.1) is 11.8 Å². The van der Waals surface area contributed by atoms with Gasteiger partial charge in [0.05, 0.1) is 11.5 Å². The van der Waals surface area contributed by atoms with Crippen molar-refractivity contribution in [3.05, 3.63) is 34.9 Å². The third-order valence-electron chi connectivity index (χ3n) is 4.29. The number of hydrogen-bond acceptors (Lipinski definition) is 4. The van der Waals surface area contributed by atoms with Gasteiger partial charge < -0.3 is 10.6 Å². The van der Waals surface area contributed by atoms with Crippen LogP contribution in [0, 0.1) is 5.41 Å². The van der Waals surface area contributed by atoms with Crippen LogP contribution in [-0.4, -0.2) is 47.2 Å². The number of halogens is 1. The fourth-order valence-electron chi connectivity index (χ4n) is 2.63. The van der Waals surface area contributed by atoms with Crippen molar-refractivity contribution in [3.63, 3.8) is 0 Å². The second-order valence-corrected chi connectivity index (χ2v) is 8.04. The standard InChI is InChI=1S/C17H23ClN2O2S/c1-17(2)11-20(8-7-15(17)19)16(22)10-23-9-14(21)12-3-5-13(18)6-4-12/h3-6,15H,7-11,19H2,1-2H3. The Hall–Kier alpha value is -1.04. The topological polar surface area (TPSA) is 63.4 Å². The summed E-state index contributed by atoms with van der Waals surface area (Å²) in [6, 6.07) is 6.95. The van der Waals surface area contributed by atoms with Crippen LogP contribution in [0.2, 0.25) is 5.02 Å². The van der Waals surface area contributed by atoms with Crippen molar-refractivity contribution in [2.75, 3.05) is 24.6 Å². The van der Waals surface area contributed by atoms with Gasteiger partial charge in [0, 0.05) is 29.7 Å². The normalized spacial score (nSPS) is 20.3. The van der Waals surface area contributed by atoms with Crippen LogP contribution in [0.15, 0.2) is 24.3 Å². The lowest BCUT2D eigenvalue weighted by Gasteiger charge is -2.42. The number of rotatable bonds is 5. The number of benzene rings is 1. The molecule has 4 nitrogen and oxygen atoms in total. The summed E-state index contributed by atoms with van der Waals surface area (Å²) in [5, 5.41) is 0.607. The predicted octanol–water partition coefficient (Wildman–Crippen LogP) is 2.84. The predicted molar refractivity (Wildman–Crippen MR) is 96.1 cm³/mol. The van der Waals surface area contributed by atoms with E-state index in [0.29, 0.717) is 35.2 Å². The van der Waals surface area contributed by atoms with Crippen LogP contribution in [-0.2, 0) is 4.79 Å². The zero-order valence-electron chi connectivity index (χ0n) is 13.5. The molecule has 1 aromatic rings. The molecule has 1 fully saturated rings. The second-order valence-electron chi connectivity index (χ2n) is 6.62. The van der Waals surface area contributed by atoms with Gasteiger partial charge in [0.2, 0.25) is 5.91 Å². The van der Waals surface area contributed by atoms with E-state index < -0.39 is 0 Å². The Labute approximate surface area is 146 Å².